The van der Waals surface area contributed by atoms with E-state index in [1.807, 2.05) is 36.5 Å². The highest BCUT2D eigenvalue weighted by Crippen LogP contribution is 2.16. The van der Waals surface area contributed by atoms with Gasteiger partial charge in [-0.3, -0.25) is 0 Å². The predicted octanol–water partition coefficient (Wildman–Crippen LogP) is 4.20. The summed E-state index contributed by atoms with van der Waals surface area (Å²) >= 11 is 0. The van der Waals surface area contributed by atoms with Crippen LogP contribution in [0.2, 0.25) is 0 Å². The maximum absolute atomic E-state index is 2.12. The summed E-state index contributed by atoms with van der Waals surface area (Å²) < 4.78 is 0. The van der Waals surface area contributed by atoms with Crippen LogP contribution in [0.4, 0.5) is 0 Å². The third-order valence-electron chi connectivity index (χ3n) is 2.33. The van der Waals surface area contributed by atoms with Crippen LogP contribution in [-0.4, -0.2) is 0 Å². The fourth-order valence-corrected chi connectivity index (χ4v) is 1.52. The van der Waals surface area contributed by atoms with Crippen LogP contribution >= 0.6 is 0 Å². The van der Waals surface area contributed by atoms with Crippen LogP contribution in [0.1, 0.15) is 0 Å². The normalized spacial score (nSPS) is 26.5. The highest BCUT2D eigenvalue weighted by atomic mass is 14.0. The molecule has 0 atom stereocenters. The van der Waals surface area contributed by atoms with Gasteiger partial charge < -0.3 is 0 Å². The van der Waals surface area contributed by atoms with Gasteiger partial charge in [0.25, 0.3) is 0 Å². The summed E-state index contributed by atoms with van der Waals surface area (Å²) in [5.74, 6) is 0. The molecule has 0 aromatic heterocycles. The van der Waals surface area contributed by atoms with Gasteiger partial charge in [-0.15, -0.1) is 0 Å². The van der Waals surface area contributed by atoms with E-state index in [1.165, 1.54) is 11.1 Å². The highest BCUT2D eigenvalue weighted by Gasteiger charge is 1.96. The van der Waals surface area contributed by atoms with Crippen molar-refractivity contribution in [3.8, 4) is 0 Å². The summed E-state index contributed by atoms with van der Waals surface area (Å²) in [7, 11) is 0. The zero-order valence-electron chi connectivity index (χ0n) is 9.08. The van der Waals surface area contributed by atoms with E-state index < -0.39 is 0 Å². The first-order chi connectivity index (χ1) is 7.97. The quantitative estimate of drug-likeness (QED) is 0.603. The van der Waals surface area contributed by atoms with Crippen molar-refractivity contribution in [2.75, 3.05) is 0 Å². The second kappa shape index (κ2) is 5.72. The van der Waals surface area contributed by atoms with Gasteiger partial charge in [0.05, 0.1) is 0 Å². The average Bonchev–Trinajstić information content (AvgIpc) is 2.18. The van der Waals surface area contributed by atoms with Crippen molar-refractivity contribution < 1.29 is 0 Å². The molecule has 0 heteroatoms. The van der Waals surface area contributed by atoms with Gasteiger partial charge >= 0.3 is 0 Å². The first-order valence-corrected chi connectivity index (χ1v) is 5.40. The van der Waals surface area contributed by atoms with Gasteiger partial charge in [0, 0.05) is 0 Å². The number of hydrogen-bond donors (Lipinski definition) is 0. The van der Waals surface area contributed by atoms with Crippen molar-refractivity contribution >= 4 is 0 Å². The molecule has 2 rings (SSSR count). The largest absolute Gasteiger partial charge is 0.0623 e. The summed E-state index contributed by atoms with van der Waals surface area (Å²) in [5.41, 5.74) is 2.44. The Labute approximate surface area is 96.7 Å². The summed E-state index contributed by atoms with van der Waals surface area (Å²) in [4.78, 5) is 0. The lowest BCUT2D eigenvalue weighted by molar-refractivity contribution is 1.52. The smallest absolute Gasteiger partial charge is 0.0184 e. The van der Waals surface area contributed by atoms with Gasteiger partial charge in [-0.1, -0.05) is 85.1 Å². The van der Waals surface area contributed by atoms with Gasteiger partial charge in [-0.2, -0.15) is 0 Å². The van der Waals surface area contributed by atoms with Crippen molar-refractivity contribution in [3.05, 3.63) is 96.2 Å². The van der Waals surface area contributed by atoms with Gasteiger partial charge in [0.15, 0.2) is 0 Å². The summed E-state index contributed by atoms with van der Waals surface area (Å²) in [6.07, 6.45) is 28.9. The van der Waals surface area contributed by atoms with Gasteiger partial charge in [-0.25, -0.2) is 0 Å². The van der Waals surface area contributed by atoms with E-state index in [0.29, 0.717) is 0 Å². The molecule has 2 aliphatic carbocycles. The second-order valence-corrected chi connectivity index (χ2v) is 3.50. The minimum absolute atomic E-state index is 1.22. The van der Waals surface area contributed by atoms with Crippen molar-refractivity contribution in [2.45, 2.75) is 0 Å². The number of rotatable bonds is 1. The summed E-state index contributed by atoms with van der Waals surface area (Å²) in [6, 6.07) is 0. The van der Waals surface area contributed by atoms with Crippen molar-refractivity contribution in [1.82, 2.24) is 0 Å². The lowest BCUT2D eigenvalue weighted by Crippen LogP contribution is -1.84. The van der Waals surface area contributed by atoms with E-state index in [4.69, 9.17) is 0 Å². The van der Waals surface area contributed by atoms with Gasteiger partial charge in [-0.05, 0) is 11.1 Å². The topological polar surface area (TPSA) is 0 Å². The third-order valence-corrected chi connectivity index (χ3v) is 2.33. The number of allylic oxidation sites excluding steroid dienone is 16. The van der Waals surface area contributed by atoms with E-state index in [2.05, 4.69) is 48.6 Å². The Hall–Kier alpha value is -2.08. The fraction of sp³-hybridized carbons (Fsp3) is 0. The van der Waals surface area contributed by atoms with Crippen LogP contribution in [0.25, 0.3) is 0 Å². The molecule has 0 unspecified atom stereocenters. The minimum Gasteiger partial charge on any atom is -0.0623 e. The Kier molecular flexibility index (Phi) is 3.73. The van der Waals surface area contributed by atoms with E-state index >= 15 is 0 Å². The maximum atomic E-state index is 2.12. The zero-order valence-corrected chi connectivity index (χ0v) is 9.08. The SMILES string of the molecule is C1=C/C=C\C=C/C(C2=C/C=C\C=C/C=C2)=C1. The van der Waals surface area contributed by atoms with Crippen molar-refractivity contribution in [1.29, 1.82) is 0 Å². The van der Waals surface area contributed by atoms with Crippen molar-refractivity contribution in [2.24, 2.45) is 0 Å². The molecule has 0 bridgehead atoms. The minimum atomic E-state index is 1.22. The monoisotopic (exact) mass is 206 g/mol. The second-order valence-electron chi connectivity index (χ2n) is 3.50. The predicted molar refractivity (Wildman–Crippen MR) is 71.0 cm³/mol. The summed E-state index contributed by atoms with van der Waals surface area (Å²) in [6.45, 7) is 0. The van der Waals surface area contributed by atoms with E-state index in [-0.39, 0.29) is 0 Å². The molecule has 0 aromatic rings. The van der Waals surface area contributed by atoms with Crippen LogP contribution in [0.5, 0.6) is 0 Å². The number of hydrogen-bond acceptors (Lipinski definition) is 0. The zero-order chi connectivity index (χ0) is 11.1. The Balaban J connectivity index is 2.29. The Morgan fingerprint density at radius 2 is 0.750 bits per heavy atom. The lowest BCUT2D eigenvalue weighted by atomic mass is 10.0. The molecule has 0 nitrogen and oxygen atoms in total. The molecule has 0 aromatic carbocycles. The molecule has 16 heavy (non-hydrogen) atoms. The summed E-state index contributed by atoms with van der Waals surface area (Å²) in [5, 5.41) is 0. The molecule has 0 fully saturated rings. The Bertz CT molecular complexity index is 426. The molecular weight excluding hydrogens is 192 g/mol. The molecule has 0 saturated carbocycles. The molecule has 0 saturated heterocycles. The van der Waals surface area contributed by atoms with Crippen LogP contribution in [-0.2, 0) is 0 Å². The van der Waals surface area contributed by atoms with Gasteiger partial charge in [0.1, 0.15) is 0 Å². The van der Waals surface area contributed by atoms with Crippen LogP contribution in [0.3, 0.4) is 0 Å². The molecule has 78 valence electrons. The maximum Gasteiger partial charge on any atom is -0.0184 e. The molecule has 0 amide bonds. The standard InChI is InChI=1S/C16H14/c1-3-7-11-15(12-8-4-1)16-13-9-5-2-6-10-14-16/h1-14H/b3-1-,4-1?,5-2-,6-2?,7-3?,8-4-,9-5?,10-6?,11-7?,12-8?,13-9-,14-10?,15-11?,15-12?,16-13?,16-14?. The molecule has 0 N–H and O–H groups in total. The first kappa shape index (κ1) is 10.4. The molecule has 0 spiro atoms. The van der Waals surface area contributed by atoms with Crippen LogP contribution < -0.4 is 0 Å². The molecular formula is C16H14. The van der Waals surface area contributed by atoms with E-state index in [9.17, 15) is 0 Å². The molecule has 0 radical (unpaired) electrons. The average molecular weight is 206 g/mol. The third kappa shape index (κ3) is 2.96. The molecule has 0 aliphatic heterocycles. The van der Waals surface area contributed by atoms with Gasteiger partial charge in [0.2, 0.25) is 0 Å². The Morgan fingerprint density at radius 1 is 0.375 bits per heavy atom. The van der Waals surface area contributed by atoms with Crippen LogP contribution in [0, 0.1) is 0 Å². The van der Waals surface area contributed by atoms with E-state index in [1.54, 1.807) is 0 Å². The van der Waals surface area contributed by atoms with E-state index in [0.717, 1.165) is 0 Å². The molecule has 0 heterocycles. The fourth-order valence-electron chi connectivity index (χ4n) is 1.52. The first-order valence-electron chi connectivity index (χ1n) is 5.40. The lowest BCUT2D eigenvalue weighted by Gasteiger charge is -2.03. The van der Waals surface area contributed by atoms with Crippen LogP contribution in [0.15, 0.2) is 96.2 Å². The molecule has 2 aliphatic rings. The van der Waals surface area contributed by atoms with Crippen molar-refractivity contribution in [3.63, 3.8) is 0 Å². The highest BCUT2D eigenvalue weighted by molar-refractivity contribution is 5.52. The Morgan fingerprint density at radius 3 is 1.25 bits per heavy atom.